The van der Waals surface area contributed by atoms with Gasteiger partial charge in [-0.05, 0) is 49.9 Å². The Kier molecular flexibility index (Phi) is 13.0. The van der Waals surface area contributed by atoms with Crippen LogP contribution in [0.2, 0.25) is 10.0 Å². The third kappa shape index (κ3) is 8.01. The lowest BCUT2D eigenvalue weighted by Crippen LogP contribution is -2.34. The Morgan fingerprint density at radius 2 is 1.78 bits per heavy atom. The fourth-order valence-electron chi connectivity index (χ4n) is 2.60. The molecule has 0 aliphatic carbocycles. The molecule has 0 saturated heterocycles. The van der Waals surface area contributed by atoms with E-state index in [-0.39, 0.29) is 37.4 Å². The normalized spacial score (nSPS) is 10.8. The van der Waals surface area contributed by atoms with E-state index in [0.717, 1.165) is 11.1 Å². The van der Waals surface area contributed by atoms with Crippen molar-refractivity contribution >= 4 is 39.9 Å². The molecule has 3 aromatic rings. The van der Waals surface area contributed by atoms with Gasteiger partial charge in [0.2, 0.25) is 5.91 Å². The number of carbonyl (C=O) groups excluding carboxylic acids is 1. The second-order valence-electron chi connectivity index (χ2n) is 6.44. The predicted octanol–water partition coefficient (Wildman–Crippen LogP) is 7.13. The number of fused-ring (bicyclic) bond motifs is 1. The van der Waals surface area contributed by atoms with Crippen LogP contribution < -0.4 is 5.32 Å². The number of nitrogens with zero attached hydrogens (tertiary/aromatic N) is 1. The van der Waals surface area contributed by atoms with E-state index in [0.29, 0.717) is 17.6 Å². The molecule has 1 amide bonds. The van der Waals surface area contributed by atoms with E-state index in [1.807, 2.05) is 19.9 Å². The van der Waals surface area contributed by atoms with Crippen LogP contribution in [0.5, 0.6) is 0 Å². The molecule has 3 rings (SSSR count). The Hall–Kier alpha value is -2.28. The number of aromatic nitrogens is 1. The molecule has 0 radical (unpaired) electrons. The molecule has 0 saturated carbocycles. The first-order valence-electron chi connectivity index (χ1n) is 9.27. The molecule has 8 heteroatoms. The Morgan fingerprint density at radius 3 is 2.44 bits per heavy atom. The van der Waals surface area contributed by atoms with Crippen LogP contribution in [0.1, 0.15) is 40.0 Å². The summed E-state index contributed by atoms with van der Waals surface area (Å²) in [6, 6.07) is 9.43. The largest absolute Gasteiger partial charge is 0.369 e. The number of hydrogen-bond acceptors (Lipinski definition) is 3. The molecule has 2 aromatic carbocycles. The van der Waals surface area contributed by atoms with Crippen LogP contribution in [0.25, 0.3) is 10.8 Å². The van der Waals surface area contributed by atoms with Crippen LogP contribution in [-0.2, 0) is 16.1 Å². The molecule has 1 atom stereocenters. The molecule has 0 aliphatic heterocycles. The fraction of sp³-hybridized carbons (Fsp3) is 0.333. The SMILES string of the molecule is C.C.CCOC(C)C(=O)NCc1cccc(F)c1Cl.Cc1cc2ccc(F)c(Cl)c2cn1. The standard InChI is InChI=1S/C12H15ClFNO2.C10H7ClFN.2CH4/c1-3-17-8(2)12(16)15-7-9-5-4-6-10(14)11(9)13;1-6-4-7-2-3-9(12)10(11)8(7)5-13-6;;/h4-6,8H,3,7H2,1-2H3,(H,15,16);2-5H,1H3;2*1H4. The number of ether oxygens (including phenoxy) is 1. The van der Waals surface area contributed by atoms with E-state index in [1.54, 1.807) is 31.3 Å². The highest BCUT2D eigenvalue weighted by molar-refractivity contribution is 6.35. The topological polar surface area (TPSA) is 51.2 Å². The zero-order chi connectivity index (χ0) is 22.3. The van der Waals surface area contributed by atoms with Crippen molar-refractivity contribution < 1.29 is 18.3 Å². The third-order valence-corrected chi connectivity index (χ3v) is 5.01. The van der Waals surface area contributed by atoms with E-state index in [4.69, 9.17) is 27.9 Å². The van der Waals surface area contributed by atoms with Crippen molar-refractivity contribution in [2.45, 2.75) is 48.3 Å². The molecular weight excluding hydrogens is 457 g/mol. The van der Waals surface area contributed by atoms with Crippen molar-refractivity contribution in [1.82, 2.24) is 10.3 Å². The lowest BCUT2D eigenvalue weighted by Gasteiger charge is -2.12. The van der Waals surface area contributed by atoms with Gasteiger partial charge in [0.1, 0.15) is 17.7 Å². The van der Waals surface area contributed by atoms with Gasteiger partial charge >= 0.3 is 0 Å². The quantitative estimate of drug-likeness (QED) is 0.417. The summed E-state index contributed by atoms with van der Waals surface area (Å²) < 4.78 is 31.2. The van der Waals surface area contributed by atoms with Gasteiger partial charge < -0.3 is 10.1 Å². The minimum absolute atomic E-state index is 0. The maximum Gasteiger partial charge on any atom is 0.249 e. The lowest BCUT2D eigenvalue weighted by molar-refractivity contribution is -0.131. The van der Waals surface area contributed by atoms with Gasteiger partial charge in [0.05, 0.1) is 10.0 Å². The molecular formula is C24H30Cl2F2N2O2. The van der Waals surface area contributed by atoms with Crippen molar-refractivity contribution in [2.24, 2.45) is 0 Å². The summed E-state index contributed by atoms with van der Waals surface area (Å²) in [6.45, 7) is 6.01. The number of hydrogen-bond donors (Lipinski definition) is 1. The molecule has 1 aromatic heterocycles. The average Bonchev–Trinajstić information content (AvgIpc) is 2.72. The number of benzene rings is 2. The highest BCUT2D eigenvalue weighted by Crippen LogP contribution is 2.25. The number of pyridine rings is 1. The van der Waals surface area contributed by atoms with E-state index in [9.17, 15) is 13.6 Å². The van der Waals surface area contributed by atoms with E-state index < -0.39 is 17.7 Å². The van der Waals surface area contributed by atoms with Crippen LogP contribution in [0.4, 0.5) is 8.78 Å². The van der Waals surface area contributed by atoms with Gasteiger partial charge in [-0.3, -0.25) is 9.78 Å². The van der Waals surface area contributed by atoms with E-state index in [2.05, 4.69) is 10.3 Å². The minimum atomic E-state index is -0.521. The van der Waals surface area contributed by atoms with E-state index >= 15 is 0 Å². The summed E-state index contributed by atoms with van der Waals surface area (Å²) in [5.41, 5.74) is 1.44. The maximum atomic E-state index is 13.1. The van der Waals surface area contributed by atoms with Gasteiger partial charge in [0.15, 0.2) is 0 Å². The van der Waals surface area contributed by atoms with Crippen LogP contribution in [-0.4, -0.2) is 23.6 Å². The summed E-state index contributed by atoms with van der Waals surface area (Å²) >= 11 is 11.5. The average molecular weight is 487 g/mol. The number of aryl methyl sites for hydroxylation is 1. The minimum Gasteiger partial charge on any atom is -0.369 e. The van der Waals surface area contributed by atoms with Crippen molar-refractivity contribution in [2.75, 3.05) is 6.61 Å². The van der Waals surface area contributed by atoms with Crippen LogP contribution in [0, 0.1) is 18.6 Å². The van der Waals surface area contributed by atoms with Gasteiger partial charge in [0.25, 0.3) is 0 Å². The van der Waals surface area contributed by atoms with Gasteiger partial charge in [-0.25, -0.2) is 8.78 Å². The molecule has 0 spiro atoms. The summed E-state index contributed by atoms with van der Waals surface area (Å²) in [4.78, 5) is 15.6. The van der Waals surface area contributed by atoms with Gasteiger partial charge in [0, 0.05) is 30.4 Å². The summed E-state index contributed by atoms with van der Waals surface area (Å²) in [5, 5.41) is 4.39. The molecule has 1 unspecified atom stereocenters. The van der Waals surface area contributed by atoms with Crippen LogP contribution in [0.3, 0.4) is 0 Å². The second-order valence-corrected chi connectivity index (χ2v) is 7.19. The number of nitrogens with one attached hydrogen (secondary N) is 1. The predicted molar refractivity (Wildman–Crippen MR) is 129 cm³/mol. The zero-order valence-corrected chi connectivity index (χ0v) is 18.3. The number of amides is 1. The van der Waals surface area contributed by atoms with Crippen molar-refractivity contribution in [3.8, 4) is 0 Å². The number of carbonyl (C=O) groups is 1. The smallest absolute Gasteiger partial charge is 0.249 e. The molecule has 1 heterocycles. The van der Waals surface area contributed by atoms with Crippen molar-refractivity contribution in [1.29, 1.82) is 0 Å². The molecule has 0 fully saturated rings. The Morgan fingerprint density at radius 1 is 1.12 bits per heavy atom. The Bertz CT molecular complexity index is 1030. The van der Waals surface area contributed by atoms with Crippen LogP contribution >= 0.6 is 23.2 Å². The molecule has 0 aliphatic rings. The zero-order valence-electron chi connectivity index (χ0n) is 16.8. The fourth-order valence-corrected chi connectivity index (χ4v) is 3.02. The first-order chi connectivity index (χ1) is 14.2. The first kappa shape index (κ1) is 29.7. The van der Waals surface area contributed by atoms with Crippen LogP contribution in [0.15, 0.2) is 42.6 Å². The Labute approximate surface area is 198 Å². The van der Waals surface area contributed by atoms with Gasteiger partial charge in [-0.1, -0.05) is 56.3 Å². The van der Waals surface area contributed by atoms with Crippen molar-refractivity contribution in [3.63, 3.8) is 0 Å². The molecule has 0 bridgehead atoms. The van der Waals surface area contributed by atoms with Gasteiger partial charge in [-0.2, -0.15) is 0 Å². The molecule has 1 N–H and O–H groups in total. The molecule has 4 nitrogen and oxygen atoms in total. The van der Waals surface area contributed by atoms with Gasteiger partial charge in [-0.15, -0.1) is 0 Å². The first-order valence-corrected chi connectivity index (χ1v) is 10.0. The monoisotopic (exact) mass is 486 g/mol. The summed E-state index contributed by atoms with van der Waals surface area (Å²) in [7, 11) is 0. The summed E-state index contributed by atoms with van der Waals surface area (Å²) in [5.74, 6) is -1.14. The van der Waals surface area contributed by atoms with E-state index in [1.165, 1.54) is 12.1 Å². The second kappa shape index (κ2) is 14.0. The molecule has 176 valence electrons. The highest BCUT2D eigenvalue weighted by Gasteiger charge is 2.13. The lowest BCUT2D eigenvalue weighted by atomic mass is 10.1. The third-order valence-electron chi connectivity index (χ3n) is 4.20. The maximum absolute atomic E-state index is 13.1. The Balaban J connectivity index is 0.000000580. The number of rotatable bonds is 5. The number of halogens is 4. The summed E-state index contributed by atoms with van der Waals surface area (Å²) in [6.07, 6.45) is 1.07. The highest BCUT2D eigenvalue weighted by atomic mass is 35.5. The van der Waals surface area contributed by atoms with Crippen molar-refractivity contribution in [3.05, 3.63) is 75.5 Å². The molecule has 32 heavy (non-hydrogen) atoms.